The summed E-state index contributed by atoms with van der Waals surface area (Å²) in [5, 5.41) is 44.6. The molecule has 0 heterocycles. The van der Waals surface area contributed by atoms with Gasteiger partial charge >= 0.3 is 7.60 Å². The number of phenolic OH excluding ortho intramolecular Hbond substituents is 4. The lowest BCUT2D eigenvalue weighted by molar-refractivity contribution is 0.310. The van der Waals surface area contributed by atoms with Crippen LogP contribution < -0.4 is 19.3 Å². The average molecular weight is 1630 g/mol. The molecule has 0 aliphatic heterocycles. The van der Waals surface area contributed by atoms with Crippen LogP contribution in [0.2, 0.25) is 10.0 Å². The van der Waals surface area contributed by atoms with Gasteiger partial charge in [-0.2, -0.15) is 0 Å². The summed E-state index contributed by atoms with van der Waals surface area (Å²) in [5.41, 5.74) is 14.6. The van der Waals surface area contributed by atoms with E-state index in [-0.39, 0.29) is 45.4 Å². The smallest absolute Gasteiger partial charge is 0.373 e. The maximum atomic E-state index is 12.1. The van der Waals surface area contributed by atoms with Crippen LogP contribution >= 0.6 is 84.8 Å². The molecule has 0 saturated heterocycles. The summed E-state index contributed by atoms with van der Waals surface area (Å²) in [4.78, 5) is 18.7. The van der Waals surface area contributed by atoms with Crippen molar-refractivity contribution in [3.05, 3.63) is 231 Å². The Labute approximate surface area is 621 Å². The van der Waals surface area contributed by atoms with Crippen molar-refractivity contribution in [2.24, 2.45) is 0 Å². The lowest BCUT2D eigenvalue weighted by Crippen LogP contribution is -2.02. The van der Waals surface area contributed by atoms with Crippen molar-refractivity contribution in [2.75, 3.05) is 58.2 Å². The largest absolute Gasteiger partial charge is 0.508 e. The number of rotatable bonds is 23. The number of aromatic hydroxyl groups is 4. The third-order valence-electron chi connectivity index (χ3n) is 16.2. The molecule has 0 saturated carbocycles. The first kappa shape index (κ1) is 83.9. The molecule has 0 spiro atoms. The molecule has 3 atom stereocenters. The molecule has 0 aliphatic rings. The van der Waals surface area contributed by atoms with E-state index in [2.05, 4.69) is 96.9 Å². The van der Waals surface area contributed by atoms with Gasteiger partial charge in [-0.25, -0.2) is 4.57 Å². The molecule has 3 unspecified atom stereocenters. The quantitative estimate of drug-likeness (QED) is 0.0294. The number of aryl methyl sites for hydroxylation is 5. The summed E-state index contributed by atoms with van der Waals surface area (Å²) in [6.45, 7) is 28.2. The minimum atomic E-state index is -3.56. The van der Waals surface area contributed by atoms with Gasteiger partial charge in [0.15, 0.2) is 26.2 Å². The fraction of sp³-hybridized carbons (Fsp3) is 0.325. The number of nitrogens with one attached hydrogen (secondary N) is 1. The molecule has 9 rings (SSSR count). The predicted octanol–water partition coefficient (Wildman–Crippen LogP) is 23.5. The molecule has 0 aromatic heterocycles. The van der Waals surface area contributed by atoms with E-state index in [9.17, 15) is 48.5 Å². The number of fused-ring (bicyclic) bond motifs is 1. The standard InChI is InChI=1S/C21H29O3P.C19H23Br2O4P.C19H25O4P.C18H16Cl2NO4P/c1-14(2)19-11-17(7-8-21(19)22)12-20-15(3)9-18(10-16(20)4)13-24-25(5,6)23;1-12(2)15-11-14(5-6-18(15)22)25-19-16(20)9-13(10-17(19)21)7-8-26(4,23)24-3;1-12(2)17-10-15(6-7-19(17)20)11-18-13(3)8-16(9-14(18)4)23-24(5,21)22;1-26(23,24)10-21-11-8-14(19)18(15(20)9-11)25-17-7-6-16(22)12-4-2-3-5-13(12)17/h7-11,14,22H,12-13H2,1-6H3;5-6,9-12,22H,7-8H2,1-4H3;6-10,12,20H,11H2,1-5H3,(H,21,22);2-9,21-22H,10H2,1H3,(H,23,24). The summed E-state index contributed by atoms with van der Waals surface area (Å²) >= 11 is 19.7. The Hall–Kier alpha value is -6.06. The molecule has 0 radical (unpaired) electrons. The molecule has 0 amide bonds. The number of anilines is 1. The first-order valence-electron chi connectivity index (χ1n) is 32.5. The first-order valence-corrected chi connectivity index (χ1v) is 44.0. The number of benzene rings is 9. The van der Waals surface area contributed by atoms with Gasteiger partial charge in [0.2, 0.25) is 7.37 Å². The molecule has 544 valence electrons. The van der Waals surface area contributed by atoms with Crippen molar-refractivity contribution in [1.29, 1.82) is 0 Å². The van der Waals surface area contributed by atoms with Gasteiger partial charge in [-0.3, -0.25) is 13.7 Å². The Morgan fingerprint density at radius 1 is 0.505 bits per heavy atom. The summed E-state index contributed by atoms with van der Waals surface area (Å²) in [5.74, 6) is 4.32. The van der Waals surface area contributed by atoms with Gasteiger partial charge < -0.3 is 58.6 Å². The molecule has 0 aliphatic carbocycles. The van der Waals surface area contributed by atoms with Crippen molar-refractivity contribution in [1.82, 2.24) is 0 Å². The molecule has 24 heteroatoms. The lowest BCUT2D eigenvalue weighted by Gasteiger charge is -2.16. The predicted molar refractivity (Wildman–Crippen MR) is 422 cm³/mol. The van der Waals surface area contributed by atoms with Gasteiger partial charge in [-0.15, -0.1) is 0 Å². The summed E-state index contributed by atoms with van der Waals surface area (Å²) in [6, 6.07) is 42.1. The van der Waals surface area contributed by atoms with E-state index in [0.29, 0.717) is 76.1 Å². The summed E-state index contributed by atoms with van der Waals surface area (Å²) in [6.07, 6.45) is 2.61. The zero-order valence-electron chi connectivity index (χ0n) is 59.9. The molecular formula is C77H93Br2Cl2NO15P4. The first-order chi connectivity index (χ1) is 47.0. The van der Waals surface area contributed by atoms with Crippen LogP contribution in [0.15, 0.2) is 148 Å². The van der Waals surface area contributed by atoms with E-state index in [0.717, 1.165) is 71.9 Å². The number of hydrogen-bond acceptors (Lipinski definition) is 14. The van der Waals surface area contributed by atoms with Gasteiger partial charge in [0.25, 0.3) is 0 Å². The number of halogens is 4. The van der Waals surface area contributed by atoms with Crippen LogP contribution in [0.3, 0.4) is 0 Å². The fourth-order valence-electron chi connectivity index (χ4n) is 10.8. The Morgan fingerprint density at radius 2 is 0.960 bits per heavy atom. The van der Waals surface area contributed by atoms with Crippen LogP contribution in [0.5, 0.6) is 51.7 Å². The molecule has 16 nitrogen and oxygen atoms in total. The highest BCUT2D eigenvalue weighted by Gasteiger charge is 2.21. The van der Waals surface area contributed by atoms with Crippen molar-refractivity contribution in [3.8, 4) is 51.7 Å². The highest BCUT2D eigenvalue weighted by Crippen LogP contribution is 2.47. The van der Waals surface area contributed by atoms with Gasteiger partial charge in [-0.05, 0) is 242 Å². The average Bonchev–Trinajstić information content (AvgIpc) is 0.813. The normalized spacial score (nSPS) is 13.2. The molecule has 7 N–H and O–H groups in total. The van der Waals surface area contributed by atoms with E-state index >= 15 is 0 Å². The van der Waals surface area contributed by atoms with E-state index < -0.39 is 29.7 Å². The number of hydrogen-bond donors (Lipinski definition) is 7. The van der Waals surface area contributed by atoms with Crippen LogP contribution in [0.1, 0.15) is 132 Å². The Balaban J connectivity index is 0.000000212. The van der Waals surface area contributed by atoms with Crippen LogP contribution in [0.4, 0.5) is 5.69 Å². The maximum absolute atomic E-state index is 12.1. The molecular weight excluding hydrogens is 1530 g/mol. The number of phenols is 4. The van der Waals surface area contributed by atoms with Crippen molar-refractivity contribution < 1.29 is 71.5 Å². The third kappa shape index (κ3) is 25.9. The molecule has 9 aromatic carbocycles. The third-order valence-corrected chi connectivity index (χ3v) is 21.8. The second-order valence-electron chi connectivity index (χ2n) is 26.5. The zero-order valence-corrected chi connectivity index (χ0v) is 68.2. The lowest BCUT2D eigenvalue weighted by atomic mass is 9.92. The summed E-state index contributed by atoms with van der Waals surface area (Å²) < 4.78 is 75.8. The van der Waals surface area contributed by atoms with Gasteiger partial charge in [0.1, 0.15) is 40.2 Å². The van der Waals surface area contributed by atoms with Crippen LogP contribution in [0.25, 0.3) is 10.8 Å². The van der Waals surface area contributed by atoms with Crippen molar-refractivity contribution >= 4 is 101 Å². The van der Waals surface area contributed by atoms with E-state index in [1.165, 1.54) is 48.8 Å². The highest BCUT2D eigenvalue weighted by molar-refractivity contribution is 9.11. The Morgan fingerprint density at radius 3 is 1.42 bits per heavy atom. The Bertz CT molecular complexity index is 4520. The molecule has 0 fully saturated rings. The van der Waals surface area contributed by atoms with E-state index in [1.807, 2.05) is 82.3 Å². The van der Waals surface area contributed by atoms with Gasteiger partial charge in [-0.1, -0.05) is 125 Å². The monoisotopic (exact) mass is 1620 g/mol. The maximum Gasteiger partial charge on any atom is 0.373 e. The van der Waals surface area contributed by atoms with Crippen LogP contribution in [0, 0.1) is 27.7 Å². The topological polar surface area (TPSA) is 248 Å². The highest BCUT2D eigenvalue weighted by atomic mass is 79.9. The van der Waals surface area contributed by atoms with Crippen molar-refractivity contribution in [3.63, 3.8) is 0 Å². The molecule has 101 heavy (non-hydrogen) atoms. The van der Waals surface area contributed by atoms with Crippen molar-refractivity contribution in [2.45, 2.75) is 113 Å². The van der Waals surface area contributed by atoms with Crippen LogP contribution in [-0.4, -0.2) is 83.1 Å². The summed E-state index contributed by atoms with van der Waals surface area (Å²) in [7, 11) is -10.3. The fourth-order valence-corrected chi connectivity index (χ4v) is 15.1. The second-order valence-corrected chi connectivity index (χ2v) is 38.9. The zero-order chi connectivity index (χ0) is 75.2. The number of ether oxygens (including phenoxy) is 2. The minimum Gasteiger partial charge on any atom is -0.508 e. The molecule has 9 aromatic rings. The second kappa shape index (κ2) is 36.6. The molecule has 0 bridgehead atoms. The van der Waals surface area contributed by atoms with Gasteiger partial charge in [0, 0.05) is 68.6 Å². The van der Waals surface area contributed by atoms with E-state index in [4.69, 9.17) is 46.2 Å². The minimum absolute atomic E-state index is 0.0948. The van der Waals surface area contributed by atoms with E-state index in [1.54, 1.807) is 80.7 Å². The SMILES string of the molecule is COP(C)(=O)CCc1cc(Br)c(Oc2ccc(O)c(C(C)C)c2)c(Br)c1.CP(=O)(O)CNc1cc(Cl)c(Oc2ccc(O)c3ccccc23)c(Cl)c1.Cc1cc(COP(C)(C)=O)cc(C)c1Cc1ccc(O)c(C(C)C)c1.Cc1cc(OP(C)(=O)O)cc(C)c1Cc1ccc(O)c(C(C)C)c1. The van der Waals surface area contributed by atoms with Gasteiger partial charge in [0.05, 0.1) is 31.9 Å². The Kier molecular flexibility index (Phi) is 30.4. The van der Waals surface area contributed by atoms with Crippen LogP contribution in [-0.2, 0) is 53.2 Å².